The molecule has 2 aromatic carbocycles. The number of rotatable bonds is 2. The first-order valence-electron chi connectivity index (χ1n) is 5.88. The zero-order chi connectivity index (χ0) is 13.2. The summed E-state index contributed by atoms with van der Waals surface area (Å²) in [4.78, 5) is 12.0. The summed E-state index contributed by atoms with van der Waals surface area (Å²) in [5.74, 6) is -0.00887. The van der Waals surface area contributed by atoms with E-state index in [2.05, 4.69) is 5.32 Å². The van der Waals surface area contributed by atoms with Gasteiger partial charge >= 0.3 is 0 Å². The van der Waals surface area contributed by atoms with Crippen molar-refractivity contribution in [1.82, 2.24) is 0 Å². The van der Waals surface area contributed by atoms with Crippen molar-refractivity contribution in [1.29, 1.82) is 0 Å². The fourth-order valence-corrected chi connectivity index (χ4v) is 1.90. The van der Waals surface area contributed by atoms with Crippen LogP contribution in [0.1, 0.15) is 10.6 Å². The fraction of sp³-hybridized carbons (Fsp3) is 0. The van der Waals surface area contributed by atoms with Crippen LogP contribution in [0.2, 0.25) is 0 Å². The van der Waals surface area contributed by atoms with Crippen LogP contribution in [0.25, 0.3) is 11.0 Å². The molecule has 0 spiro atoms. The van der Waals surface area contributed by atoms with Crippen LogP contribution in [0.15, 0.2) is 59.0 Å². The predicted octanol–water partition coefficient (Wildman–Crippen LogP) is 3.27. The summed E-state index contributed by atoms with van der Waals surface area (Å²) in [6, 6.07) is 16.2. The molecule has 0 radical (unpaired) electrons. The monoisotopic (exact) mass is 252 g/mol. The Labute approximate surface area is 109 Å². The Kier molecular flexibility index (Phi) is 2.68. The van der Waals surface area contributed by atoms with Crippen molar-refractivity contribution in [3.8, 4) is 0 Å². The molecule has 3 rings (SSSR count). The van der Waals surface area contributed by atoms with Crippen molar-refractivity contribution in [2.45, 2.75) is 0 Å². The van der Waals surface area contributed by atoms with E-state index in [0.717, 1.165) is 5.39 Å². The zero-order valence-electron chi connectivity index (χ0n) is 10.1. The lowest BCUT2D eigenvalue weighted by molar-refractivity contribution is 0.0998. The van der Waals surface area contributed by atoms with Gasteiger partial charge in [-0.1, -0.05) is 24.3 Å². The Balaban J connectivity index is 1.87. The van der Waals surface area contributed by atoms with Crippen LogP contribution in [0.3, 0.4) is 0 Å². The van der Waals surface area contributed by atoms with Crippen LogP contribution in [0, 0.1) is 0 Å². The van der Waals surface area contributed by atoms with Gasteiger partial charge in [-0.15, -0.1) is 0 Å². The topological polar surface area (TPSA) is 68.3 Å². The lowest BCUT2D eigenvalue weighted by Gasteiger charge is -2.03. The Morgan fingerprint density at radius 1 is 1.05 bits per heavy atom. The molecule has 0 atom stereocenters. The van der Waals surface area contributed by atoms with Gasteiger partial charge in [0.2, 0.25) is 0 Å². The number of nitrogens with two attached hydrogens (primary N) is 1. The van der Waals surface area contributed by atoms with E-state index < -0.39 is 0 Å². The quantitative estimate of drug-likeness (QED) is 0.688. The number of carbonyl (C=O) groups excluding carboxylic acids is 1. The van der Waals surface area contributed by atoms with Crippen LogP contribution < -0.4 is 11.1 Å². The highest BCUT2D eigenvalue weighted by atomic mass is 16.3. The molecule has 1 amide bonds. The van der Waals surface area contributed by atoms with Gasteiger partial charge in [0, 0.05) is 16.8 Å². The summed E-state index contributed by atoms with van der Waals surface area (Å²) in [5, 5.41) is 3.65. The molecule has 4 heteroatoms. The number of anilines is 2. The predicted molar refractivity (Wildman–Crippen MR) is 75.0 cm³/mol. The Morgan fingerprint density at radius 3 is 2.68 bits per heavy atom. The van der Waals surface area contributed by atoms with Crippen molar-refractivity contribution in [3.05, 3.63) is 60.4 Å². The number of amides is 1. The molecule has 1 heterocycles. The minimum Gasteiger partial charge on any atom is -0.451 e. The highest BCUT2D eigenvalue weighted by molar-refractivity contribution is 6.04. The molecule has 0 aliphatic carbocycles. The van der Waals surface area contributed by atoms with Crippen molar-refractivity contribution >= 4 is 28.3 Å². The van der Waals surface area contributed by atoms with Gasteiger partial charge in [0.15, 0.2) is 5.76 Å². The maximum atomic E-state index is 12.0. The second-order valence-corrected chi connectivity index (χ2v) is 4.23. The first-order valence-corrected chi connectivity index (χ1v) is 5.88. The van der Waals surface area contributed by atoms with E-state index in [4.69, 9.17) is 10.2 Å². The molecule has 0 saturated heterocycles. The number of hydrogen-bond acceptors (Lipinski definition) is 3. The third-order valence-corrected chi connectivity index (χ3v) is 2.79. The lowest BCUT2D eigenvalue weighted by atomic mass is 10.2. The first kappa shape index (κ1) is 11.3. The van der Waals surface area contributed by atoms with E-state index in [1.807, 2.05) is 24.3 Å². The van der Waals surface area contributed by atoms with Crippen LogP contribution in [-0.2, 0) is 0 Å². The number of nitrogens with one attached hydrogen (secondary N) is 1. The van der Waals surface area contributed by atoms with Crippen molar-refractivity contribution in [2.24, 2.45) is 0 Å². The summed E-state index contributed by atoms with van der Waals surface area (Å²) in [6.45, 7) is 0. The third kappa shape index (κ3) is 2.28. The summed E-state index contributed by atoms with van der Waals surface area (Å²) in [7, 11) is 0. The summed E-state index contributed by atoms with van der Waals surface area (Å²) < 4.78 is 5.49. The van der Waals surface area contributed by atoms with Crippen LogP contribution in [0.4, 0.5) is 11.4 Å². The fourth-order valence-electron chi connectivity index (χ4n) is 1.90. The van der Waals surface area contributed by atoms with E-state index in [0.29, 0.717) is 17.0 Å². The molecule has 1 aromatic heterocycles. The average molecular weight is 252 g/mol. The summed E-state index contributed by atoms with van der Waals surface area (Å²) in [5.41, 5.74) is 7.60. The van der Waals surface area contributed by atoms with Crippen LogP contribution in [-0.4, -0.2) is 5.91 Å². The Morgan fingerprint density at radius 2 is 1.89 bits per heavy atom. The minimum absolute atomic E-state index is 0.281. The van der Waals surface area contributed by atoms with E-state index in [1.165, 1.54) is 0 Å². The molecule has 94 valence electrons. The molecule has 0 fully saturated rings. The van der Waals surface area contributed by atoms with Crippen LogP contribution in [0.5, 0.6) is 0 Å². The zero-order valence-corrected chi connectivity index (χ0v) is 10.1. The van der Waals surface area contributed by atoms with Gasteiger partial charge in [-0.05, 0) is 30.3 Å². The maximum Gasteiger partial charge on any atom is 0.291 e. The van der Waals surface area contributed by atoms with Gasteiger partial charge in [-0.3, -0.25) is 4.79 Å². The number of nitrogen functional groups attached to an aromatic ring is 1. The van der Waals surface area contributed by atoms with Crippen molar-refractivity contribution in [2.75, 3.05) is 11.1 Å². The van der Waals surface area contributed by atoms with Gasteiger partial charge in [-0.2, -0.15) is 0 Å². The Hall–Kier alpha value is -2.75. The highest BCUT2D eigenvalue weighted by Crippen LogP contribution is 2.20. The SMILES string of the molecule is Nc1cccc(NC(=O)c2cc3ccccc3o2)c1. The average Bonchev–Trinajstić information content (AvgIpc) is 2.82. The van der Waals surface area contributed by atoms with E-state index >= 15 is 0 Å². The molecule has 0 saturated carbocycles. The van der Waals surface area contributed by atoms with Gasteiger partial charge in [0.05, 0.1) is 0 Å². The standard InChI is InChI=1S/C15H12N2O2/c16-11-5-3-6-12(9-11)17-15(18)14-8-10-4-1-2-7-13(10)19-14/h1-9H,16H2,(H,17,18). The van der Waals surface area contributed by atoms with Crippen molar-refractivity contribution in [3.63, 3.8) is 0 Å². The number of para-hydroxylation sites is 1. The van der Waals surface area contributed by atoms with E-state index in [1.54, 1.807) is 30.3 Å². The maximum absolute atomic E-state index is 12.0. The van der Waals surface area contributed by atoms with E-state index in [-0.39, 0.29) is 11.7 Å². The van der Waals surface area contributed by atoms with Gasteiger partial charge < -0.3 is 15.5 Å². The lowest BCUT2D eigenvalue weighted by Crippen LogP contribution is -2.10. The Bertz CT molecular complexity index is 713. The second-order valence-electron chi connectivity index (χ2n) is 4.23. The molecule has 3 N–H and O–H groups in total. The first-order chi connectivity index (χ1) is 9.22. The van der Waals surface area contributed by atoms with E-state index in [9.17, 15) is 4.79 Å². The normalized spacial score (nSPS) is 10.5. The molecule has 0 unspecified atom stereocenters. The highest BCUT2D eigenvalue weighted by Gasteiger charge is 2.12. The molecule has 3 aromatic rings. The molecule has 4 nitrogen and oxygen atoms in total. The molecule has 0 aliphatic rings. The smallest absolute Gasteiger partial charge is 0.291 e. The summed E-state index contributed by atoms with van der Waals surface area (Å²) in [6.07, 6.45) is 0. The number of furan rings is 1. The molecule has 19 heavy (non-hydrogen) atoms. The van der Waals surface area contributed by atoms with Gasteiger partial charge in [-0.25, -0.2) is 0 Å². The molecular formula is C15H12N2O2. The van der Waals surface area contributed by atoms with Gasteiger partial charge in [0.1, 0.15) is 5.58 Å². The molecule has 0 bridgehead atoms. The van der Waals surface area contributed by atoms with Crippen molar-refractivity contribution < 1.29 is 9.21 Å². The number of hydrogen-bond donors (Lipinski definition) is 2. The van der Waals surface area contributed by atoms with Crippen LogP contribution >= 0.6 is 0 Å². The molecule has 0 aliphatic heterocycles. The largest absolute Gasteiger partial charge is 0.451 e. The minimum atomic E-state index is -0.290. The summed E-state index contributed by atoms with van der Waals surface area (Å²) >= 11 is 0. The number of benzene rings is 2. The number of fused-ring (bicyclic) bond motifs is 1. The number of carbonyl (C=O) groups is 1. The molecular weight excluding hydrogens is 240 g/mol. The third-order valence-electron chi connectivity index (χ3n) is 2.79. The van der Waals surface area contributed by atoms with Gasteiger partial charge in [0.25, 0.3) is 5.91 Å². The second kappa shape index (κ2) is 4.49.